The van der Waals surface area contributed by atoms with Gasteiger partial charge < -0.3 is 19.7 Å². The Hall–Kier alpha value is -3.64. The lowest BCUT2D eigenvalue weighted by Gasteiger charge is -2.28. The number of anilines is 2. The Morgan fingerprint density at radius 3 is 2.20 bits per heavy atom. The van der Waals surface area contributed by atoms with E-state index < -0.39 is 0 Å². The van der Waals surface area contributed by atoms with Gasteiger partial charge in [-0.05, 0) is 93.1 Å². The van der Waals surface area contributed by atoms with Crippen molar-refractivity contribution >= 4 is 28.7 Å². The first-order chi connectivity index (χ1) is 16.8. The van der Waals surface area contributed by atoms with Crippen LogP contribution in [0, 0.1) is 20.8 Å². The molecule has 2 aromatic carbocycles. The Labute approximate surface area is 213 Å². The number of nitrogens with zero attached hydrogens (tertiary/aromatic N) is 4. The van der Waals surface area contributed by atoms with Crippen LogP contribution >= 0.6 is 12.2 Å². The van der Waals surface area contributed by atoms with Gasteiger partial charge in [-0.3, -0.25) is 4.98 Å². The summed E-state index contributed by atoms with van der Waals surface area (Å²) in [5, 5.41) is 4.29. The van der Waals surface area contributed by atoms with Crippen molar-refractivity contribution in [3.05, 3.63) is 107 Å². The van der Waals surface area contributed by atoms with Crippen LogP contribution in [0.4, 0.5) is 11.4 Å². The summed E-state index contributed by atoms with van der Waals surface area (Å²) in [4.78, 5) is 9.06. The van der Waals surface area contributed by atoms with Gasteiger partial charge in [-0.2, -0.15) is 0 Å². The van der Waals surface area contributed by atoms with Crippen molar-refractivity contribution in [2.24, 2.45) is 0 Å². The lowest BCUT2D eigenvalue weighted by Crippen LogP contribution is -2.29. The molecule has 35 heavy (non-hydrogen) atoms. The molecule has 0 spiro atoms. The lowest BCUT2D eigenvalue weighted by atomic mass is 9.96. The molecule has 2 atom stereocenters. The summed E-state index contributed by atoms with van der Waals surface area (Å²) in [6.07, 6.45) is 1.85. The van der Waals surface area contributed by atoms with E-state index in [1.807, 2.05) is 18.3 Å². The van der Waals surface area contributed by atoms with Gasteiger partial charge in [0.1, 0.15) is 0 Å². The van der Waals surface area contributed by atoms with Gasteiger partial charge in [-0.1, -0.05) is 23.8 Å². The first-order valence-corrected chi connectivity index (χ1v) is 12.3. The third-order valence-electron chi connectivity index (χ3n) is 6.82. The number of nitrogens with one attached hydrogen (secondary N) is 1. The van der Waals surface area contributed by atoms with E-state index in [-0.39, 0.29) is 12.1 Å². The minimum Gasteiger partial charge on any atom is -0.378 e. The molecule has 1 aliphatic rings. The van der Waals surface area contributed by atoms with Gasteiger partial charge in [0.15, 0.2) is 5.11 Å². The van der Waals surface area contributed by atoms with Gasteiger partial charge in [0.25, 0.3) is 0 Å². The van der Waals surface area contributed by atoms with Gasteiger partial charge in [-0.25, -0.2) is 0 Å². The molecule has 3 heterocycles. The molecule has 178 valence electrons. The maximum absolute atomic E-state index is 5.90. The minimum atomic E-state index is -0.0601. The fourth-order valence-electron chi connectivity index (χ4n) is 5.04. The van der Waals surface area contributed by atoms with Gasteiger partial charge in [0, 0.05) is 48.7 Å². The smallest absolute Gasteiger partial charge is 0.174 e. The molecule has 0 aliphatic carbocycles. The number of hydrogen-bond acceptors (Lipinski definition) is 3. The van der Waals surface area contributed by atoms with Crippen LogP contribution in [-0.2, 0) is 0 Å². The van der Waals surface area contributed by atoms with E-state index in [2.05, 4.69) is 115 Å². The predicted octanol–water partition coefficient (Wildman–Crippen LogP) is 6.04. The molecular formula is C29H31N5S. The van der Waals surface area contributed by atoms with Crippen LogP contribution in [0.2, 0.25) is 0 Å². The standard InChI is InChI=1S/C29H31N5S/c1-19-9-11-24(12-10-19)34-28(27(31-29(34)35)26-8-6-7-17-30-26)25-18-20(2)33(21(25)3)23-15-13-22(14-16-23)32(4)5/h6-18,27-28H,1-5H3,(H,31,35)/t27-,28+/m1/s1. The molecular weight excluding hydrogens is 450 g/mol. The second-order valence-electron chi connectivity index (χ2n) is 9.40. The summed E-state index contributed by atoms with van der Waals surface area (Å²) in [6.45, 7) is 6.48. The quantitative estimate of drug-likeness (QED) is 0.352. The van der Waals surface area contributed by atoms with Crippen LogP contribution in [0.3, 0.4) is 0 Å². The Morgan fingerprint density at radius 1 is 0.886 bits per heavy atom. The van der Waals surface area contributed by atoms with Crippen LogP contribution in [0.5, 0.6) is 0 Å². The van der Waals surface area contributed by atoms with E-state index in [0.717, 1.165) is 22.2 Å². The van der Waals surface area contributed by atoms with Crippen molar-refractivity contribution in [2.45, 2.75) is 32.9 Å². The second-order valence-corrected chi connectivity index (χ2v) is 9.79. The van der Waals surface area contributed by atoms with E-state index in [9.17, 15) is 0 Å². The first-order valence-electron chi connectivity index (χ1n) is 11.9. The average Bonchev–Trinajstić information content (AvgIpc) is 3.35. The fraction of sp³-hybridized carbons (Fsp3) is 0.241. The molecule has 0 unspecified atom stereocenters. The number of benzene rings is 2. The van der Waals surface area contributed by atoms with E-state index in [1.54, 1.807) is 0 Å². The van der Waals surface area contributed by atoms with Crippen LogP contribution in [0.1, 0.15) is 40.3 Å². The third-order valence-corrected chi connectivity index (χ3v) is 7.14. The van der Waals surface area contributed by atoms with Gasteiger partial charge in [0.05, 0.1) is 17.8 Å². The number of thiocarbonyl (C=S) groups is 1. The largest absolute Gasteiger partial charge is 0.378 e. The minimum absolute atomic E-state index is 0.0268. The summed E-state index contributed by atoms with van der Waals surface area (Å²) < 4.78 is 2.33. The second kappa shape index (κ2) is 9.19. The van der Waals surface area contributed by atoms with E-state index in [1.165, 1.54) is 28.2 Å². The summed E-state index contributed by atoms with van der Waals surface area (Å²) in [7, 11) is 4.12. The molecule has 6 heteroatoms. The number of hydrogen-bond donors (Lipinski definition) is 1. The molecule has 0 bridgehead atoms. The molecule has 2 aromatic heterocycles. The SMILES string of the molecule is Cc1ccc(N2C(=S)N[C@H](c3ccccn3)[C@@H]2c2cc(C)n(-c3ccc(N(C)C)cc3)c2C)cc1. The van der Waals surface area contributed by atoms with E-state index >= 15 is 0 Å². The molecule has 0 saturated carbocycles. The Kier molecular flexibility index (Phi) is 6.07. The number of aromatic nitrogens is 2. The van der Waals surface area contributed by atoms with E-state index in [4.69, 9.17) is 17.2 Å². The highest BCUT2D eigenvalue weighted by Crippen LogP contribution is 2.43. The van der Waals surface area contributed by atoms with Gasteiger partial charge in [0.2, 0.25) is 0 Å². The predicted molar refractivity (Wildman–Crippen MR) is 149 cm³/mol. The summed E-state index contributed by atoms with van der Waals surface area (Å²) >= 11 is 5.90. The van der Waals surface area contributed by atoms with Gasteiger partial charge >= 0.3 is 0 Å². The molecule has 5 nitrogen and oxygen atoms in total. The number of pyridine rings is 1. The highest BCUT2D eigenvalue weighted by atomic mass is 32.1. The maximum Gasteiger partial charge on any atom is 0.174 e. The van der Waals surface area contributed by atoms with E-state index in [0.29, 0.717) is 0 Å². The Morgan fingerprint density at radius 2 is 1.57 bits per heavy atom. The molecule has 1 saturated heterocycles. The molecule has 1 aliphatic heterocycles. The lowest BCUT2D eigenvalue weighted by molar-refractivity contribution is 0.565. The molecule has 1 fully saturated rings. The summed E-state index contributed by atoms with van der Waals surface area (Å²) in [5.41, 5.74) is 9.26. The monoisotopic (exact) mass is 481 g/mol. The van der Waals surface area contributed by atoms with Crippen LogP contribution < -0.4 is 15.1 Å². The zero-order chi connectivity index (χ0) is 24.7. The number of aryl methyl sites for hydroxylation is 2. The average molecular weight is 482 g/mol. The maximum atomic E-state index is 5.90. The molecule has 0 radical (unpaired) electrons. The molecule has 4 aromatic rings. The van der Waals surface area contributed by atoms with Crippen molar-refractivity contribution < 1.29 is 0 Å². The fourth-order valence-corrected chi connectivity index (χ4v) is 5.38. The third kappa shape index (κ3) is 4.19. The normalized spacial score (nSPS) is 17.5. The van der Waals surface area contributed by atoms with Crippen LogP contribution in [-0.4, -0.2) is 28.8 Å². The molecule has 5 rings (SSSR count). The van der Waals surface area contributed by atoms with Gasteiger partial charge in [-0.15, -0.1) is 0 Å². The molecule has 1 N–H and O–H groups in total. The van der Waals surface area contributed by atoms with Crippen molar-refractivity contribution in [2.75, 3.05) is 23.9 Å². The van der Waals surface area contributed by atoms with Crippen LogP contribution in [0.25, 0.3) is 5.69 Å². The highest BCUT2D eigenvalue weighted by Gasteiger charge is 2.42. The summed E-state index contributed by atoms with van der Waals surface area (Å²) in [6, 6.07) is 25.5. The van der Waals surface area contributed by atoms with Crippen molar-refractivity contribution in [1.29, 1.82) is 0 Å². The number of rotatable bonds is 5. The zero-order valence-electron chi connectivity index (χ0n) is 20.9. The molecule has 0 amide bonds. The summed E-state index contributed by atoms with van der Waals surface area (Å²) in [5.74, 6) is 0. The van der Waals surface area contributed by atoms with Crippen molar-refractivity contribution in [3.63, 3.8) is 0 Å². The Bertz CT molecular complexity index is 1340. The van der Waals surface area contributed by atoms with Crippen LogP contribution in [0.15, 0.2) is 79.0 Å². The topological polar surface area (TPSA) is 36.3 Å². The Balaban J connectivity index is 1.64. The highest BCUT2D eigenvalue weighted by molar-refractivity contribution is 7.80. The van der Waals surface area contributed by atoms with Crippen molar-refractivity contribution in [3.8, 4) is 5.69 Å². The first kappa shape index (κ1) is 23.1. The zero-order valence-corrected chi connectivity index (χ0v) is 21.7. The van der Waals surface area contributed by atoms with Crippen molar-refractivity contribution in [1.82, 2.24) is 14.9 Å².